The van der Waals surface area contributed by atoms with Crippen molar-refractivity contribution in [2.45, 2.75) is 31.8 Å². The summed E-state index contributed by atoms with van der Waals surface area (Å²) in [5.74, 6) is -0.452. The van der Waals surface area contributed by atoms with Crippen molar-refractivity contribution in [3.05, 3.63) is 28.8 Å². The maximum atomic E-state index is 11.8. The molecular formula is C12H14Cl2O4S. The zero-order valence-corrected chi connectivity index (χ0v) is 13.0. The van der Waals surface area contributed by atoms with E-state index in [2.05, 4.69) is 0 Å². The molecule has 0 bridgehead atoms. The van der Waals surface area contributed by atoms with Crippen LogP contribution in [0.1, 0.15) is 31.1 Å². The van der Waals surface area contributed by atoms with Gasteiger partial charge in [-0.25, -0.2) is 13.2 Å². The summed E-state index contributed by atoms with van der Waals surface area (Å²) < 4.78 is 27.8. The van der Waals surface area contributed by atoms with Gasteiger partial charge < -0.3 is 4.74 Å². The van der Waals surface area contributed by atoms with Gasteiger partial charge in [-0.15, -0.1) is 0 Å². The molecule has 1 aromatic rings. The average molecular weight is 325 g/mol. The molecule has 0 amide bonds. The summed E-state index contributed by atoms with van der Waals surface area (Å²) in [7, 11) is 1.23. The molecule has 4 nitrogen and oxygen atoms in total. The van der Waals surface area contributed by atoms with Crippen LogP contribution in [0.4, 0.5) is 0 Å². The molecule has 0 saturated heterocycles. The Kier molecular flexibility index (Phi) is 5.24. The first-order chi connectivity index (χ1) is 8.62. The van der Waals surface area contributed by atoms with Gasteiger partial charge in [0.15, 0.2) is 0 Å². The number of halogens is 2. The SMILES string of the molecule is CC(C)C(C)OC(=O)c1ccc(Cl)c(S(=O)(=O)Cl)c1. The van der Waals surface area contributed by atoms with Gasteiger partial charge in [-0.2, -0.15) is 0 Å². The van der Waals surface area contributed by atoms with Gasteiger partial charge in [-0.1, -0.05) is 25.4 Å². The highest BCUT2D eigenvalue weighted by atomic mass is 35.7. The maximum absolute atomic E-state index is 11.8. The third kappa shape index (κ3) is 4.37. The summed E-state index contributed by atoms with van der Waals surface area (Å²) in [6, 6.07) is 3.80. The van der Waals surface area contributed by atoms with Crippen LogP contribution in [0.25, 0.3) is 0 Å². The summed E-state index contributed by atoms with van der Waals surface area (Å²) in [6.45, 7) is 5.58. The highest BCUT2D eigenvalue weighted by molar-refractivity contribution is 8.13. The second kappa shape index (κ2) is 6.11. The summed E-state index contributed by atoms with van der Waals surface area (Å²) in [5.41, 5.74) is 0.0936. The smallest absolute Gasteiger partial charge is 0.338 e. The first kappa shape index (κ1) is 16.3. The number of esters is 1. The standard InChI is InChI=1S/C12H14Cl2O4S/c1-7(2)8(3)18-12(15)9-4-5-10(13)11(6-9)19(14,16)17/h4-8H,1-3H3. The first-order valence-electron chi connectivity index (χ1n) is 5.58. The van der Waals surface area contributed by atoms with E-state index >= 15 is 0 Å². The van der Waals surface area contributed by atoms with Crippen LogP contribution >= 0.6 is 22.3 Å². The van der Waals surface area contributed by atoms with Crippen LogP contribution in [-0.2, 0) is 13.8 Å². The Labute approximate surface area is 122 Å². The van der Waals surface area contributed by atoms with Crippen molar-refractivity contribution in [2.75, 3.05) is 0 Å². The molecule has 106 valence electrons. The van der Waals surface area contributed by atoms with Gasteiger partial charge in [-0.05, 0) is 31.0 Å². The quantitative estimate of drug-likeness (QED) is 0.628. The molecule has 0 aliphatic carbocycles. The molecule has 0 saturated carbocycles. The van der Waals surface area contributed by atoms with Crippen molar-refractivity contribution < 1.29 is 17.9 Å². The number of hydrogen-bond donors (Lipinski definition) is 0. The topological polar surface area (TPSA) is 60.4 Å². The number of ether oxygens (including phenoxy) is 1. The van der Waals surface area contributed by atoms with Crippen LogP contribution in [-0.4, -0.2) is 20.5 Å². The van der Waals surface area contributed by atoms with E-state index in [4.69, 9.17) is 27.0 Å². The van der Waals surface area contributed by atoms with Crippen LogP contribution in [0.5, 0.6) is 0 Å². The summed E-state index contributed by atoms with van der Waals surface area (Å²) in [4.78, 5) is 11.5. The predicted octanol–water partition coefficient (Wildman–Crippen LogP) is 3.47. The normalized spacial score (nSPS) is 13.4. The largest absolute Gasteiger partial charge is 0.459 e. The van der Waals surface area contributed by atoms with E-state index < -0.39 is 15.0 Å². The molecule has 7 heteroatoms. The maximum Gasteiger partial charge on any atom is 0.338 e. The third-order valence-corrected chi connectivity index (χ3v) is 4.46. The Morgan fingerprint density at radius 2 is 1.84 bits per heavy atom. The lowest BCUT2D eigenvalue weighted by atomic mass is 10.1. The molecule has 0 radical (unpaired) electrons. The van der Waals surface area contributed by atoms with Crippen LogP contribution in [0.15, 0.2) is 23.1 Å². The first-order valence-corrected chi connectivity index (χ1v) is 8.27. The van der Waals surface area contributed by atoms with Gasteiger partial charge in [0.25, 0.3) is 9.05 Å². The molecule has 0 heterocycles. The molecule has 1 atom stereocenters. The fraction of sp³-hybridized carbons (Fsp3) is 0.417. The number of hydrogen-bond acceptors (Lipinski definition) is 4. The minimum absolute atomic E-state index is 0.0385. The fourth-order valence-electron chi connectivity index (χ4n) is 1.19. The highest BCUT2D eigenvalue weighted by Crippen LogP contribution is 2.26. The molecule has 0 fully saturated rings. The Morgan fingerprint density at radius 1 is 1.26 bits per heavy atom. The van der Waals surface area contributed by atoms with Gasteiger partial charge in [0.1, 0.15) is 11.0 Å². The molecule has 19 heavy (non-hydrogen) atoms. The van der Waals surface area contributed by atoms with Gasteiger partial charge >= 0.3 is 5.97 Å². The highest BCUT2D eigenvalue weighted by Gasteiger charge is 2.20. The number of benzene rings is 1. The molecule has 1 rings (SSSR count). The number of rotatable bonds is 4. The Hall–Kier alpha value is -0.780. The number of carbonyl (C=O) groups excluding carboxylic acids is 1. The second-order valence-corrected chi connectivity index (χ2v) is 7.38. The van der Waals surface area contributed by atoms with E-state index in [0.717, 1.165) is 6.07 Å². The molecule has 0 spiro atoms. The third-order valence-electron chi connectivity index (χ3n) is 2.66. The Balaban J connectivity index is 3.07. The summed E-state index contributed by atoms with van der Waals surface area (Å²) in [5, 5.41) is -0.0385. The molecule has 0 aliphatic rings. The predicted molar refractivity (Wildman–Crippen MR) is 74.2 cm³/mol. The molecule has 0 aromatic heterocycles. The van der Waals surface area contributed by atoms with E-state index in [0.29, 0.717) is 0 Å². The van der Waals surface area contributed by atoms with Crippen LogP contribution in [0, 0.1) is 5.92 Å². The average Bonchev–Trinajstić information content (AvgIpc) is 2.27. The summed E-state index contributed by atoms with van der Waals surface area (Å²) >= 11 is 5.73. The van der Waals surface area contributed by atoms with Crippen LogP contribution < -0.4 is 0 Å². The van der Waals surface area contributed by atoms with Crippen molar-refractivity contribution in [2.24, 2.45) is 5.92 Å². The Bertz CT molecular complexity index is 581. The van der Waals surface area contributed by atoms with Gasteiger partial charge in [0, 0.05) is 10.7 Å². The van der Waals surface area contributed by atoms with Gasteiger partial charge in [0.2, 0.25) is 0 Å². The lowest BCUT2D eigenvalue weighted by Crippen LogP contribution is -2.20. The van der Waals surface area contributed by atoms with E-state index in [1.807, 2.05) is 13.8 Å². The van der Waals surface area contributed by atoms with Crippen LogP contribution in [0.2, 0.25) is 5.02 Å². The van der Waals surface area contributed by atoms with Crippen molar-refractivity contribution in [3.63, 3.8) is 0 Å². The summed E-state index contributed by atoms with van der Waals surface area (Å²) in [6.07, 6.45) is -0.278. The molecule has 0 aliphatic heterocycles. The van der Waals surface area contributed by atoms with Crippen molar-refractivity contribution in [3.8, 4) is 0 Å². The lowest BCUT2D eigenvalue weighted by molar-refractivity contribution is 0.0238. The fourth-order valence-corrected chi connectivity index (χ4v) is 2.68. The van der Waals surface area contributed by atoms with E-state index in [1.54, 1.807) is 6.92 Å². The van der Waals surface area contributed by atoms with Gasteiger partial charge in [0.05, 0.1) is 10.6 Å². The minimum atomic E-state index is -4.00. The van der Waals surface area contributed by atoms with Gasteiger partial charge in [-0.3, -0.25) is 0 Å². The second-order valence-electron chi connectivity index (χ2n) is 4.44. The molecule has 1 unspecified atom stereocenters. The van der Waals surface area contributed by atoms with Crippen molar-refractivity contribution in [1.29, 1.82) is 0 Å². The zero-order valence-electron chi connectivity index (χ0n) is 10.7. The Morgan fingerprint density at radius 3 is 2.32 bits per heavy atom. The van der Waals surface area contributed by atoms with E-state index in [1.165, 1.54) is 12.1 Å². The van der Waals surface area contributed by atoms with Crippen molar-refractivity contribution >= 4 is 37.3 Å². The molecule has 0 N–H and O–H groups in total. The monoisotopic (exact) mass is 324 g/mol. The minimum Gasteiger partial charge on any atom is -0.459 e. The van der Waals surface area contributed by atoms with E-state index in [-0.39, 0.29) is 27.5 Å². The number of carbonyl (C=O) groups is 1. The van der Waals surface area contributed by atoms with E-state index in [9.17, 15) is 13.2 Å². The van der Waals surface area contributed by atoms with Crippen molar-refractivity contribution in [1.82, 2.24) is 0 Å². The van der Waals surface area contributed by atoms with Crippen LogP contribution in [0.3, 0.4) is 0 Å². The lowest BCUT2D eigenvalue weighted by Gasteiger charge is -2.16. The molecular weight excluding hydrogens is 311 g/mol. The molecule has 1 aromatic carbocycles. The zero-order chi connectivity index (χ0) is 14.8.